The first-order chi connectivity index (χ1) is 7.74. The minimum Gasteiger partial charge on any atom is -0.459 e. The number of carbonyl (C=O) groups is 2. The lowest BCUT2D eigenvalue weighted by Gasteiger charge is -2.26. The summed E-state index contributed by atoms with van der Waals surface area (Å²) in [6.07, 6.45) is 0. The summed E-state index contributed by atoms with van der Waals surface area (Å²) in [5.74, 6) is -1.49. The Hall–Kier alpha value is -1.14. The molecule has 1 saturated heterocycles. The predicted octanol–water partition coefficient (Wildman–Crippen LogP) is -1.00. The zero-order valence-corrected chi connectivity index (χ0v) is 9.53. The minimum absolute atomic E-state index is 0.218. The van der Waals surface area contributed by atoms with Crippen molar-refractivity contribution in [1.29, 1.82) is 0 Å². The lowest BCUT2D eigenvalue weighted by atomic mass is 10.4. The van der Waals surface area contributed by atoms with E-state index in [0.29, 0.717) is 6.54 Å². The zero-order valence-electron chi connectivity index (χ0n) is 9.53. The van der Waals surface area contributed by atoms with E-state index in [9.17, 15) is 9.59 Å². The van der Waals surface area contributed by atoms with Crippen LogP contribution >= 0.6 is 0 Å². The number of rotatable bonds is 4. The third-order valence-corrected chi connectivity index (χ3v) is 2.28. The van der Waals surface area contributed by atoms with Crippen LogP contribution in [0.2, 0.25) is 0 Å². The van der Waals surface area contributed by atoms with Crippen LogP contribution in [0, 0.1) is 0 Å². The van der Waals surface area contributed by atoms with Crippen molar-refractivity contribution in [3.63, 3.8) is 0 Å². The molecule has 1 aliphatic heterocycles. The van der Waals surface area contributed by atoms with E-state index in [4.69, 9.17) is 4.74 Å². The molecule has 1 aliphatic rings. The maximum atomic E-state index is 11.1. The van der Waals surface area contributed by atoms with Gasteiger partial charge in [-0.15, -0.1) is 0 Å². The highest BCUT2D eigenvalue weighted by Gasteiger charge is 2.15. The molecular formula is C10H18N2O4. The van der Waals surface area contributed by atoms with Crippen LogP contribution in [0.25, 0.3) is 0 Å². The molecule has 6 heteroatoms. The molecule has 0 atom stereocenters. The fraction of sp³-hybridized carbons (Fsp3) is 0.800. The highest BCUT2D eigenvalue weighted by atomic mass is 16.5. The Labute approximate surface area is 94.9 Å². The van der Waals surface area contributed by atoms with Crippen LogP contribution < -0.4 is 5.32 Å². The largest absolute Gasteiger partial charge is 0.459 e. The molecule has 0 aromatic heterocycles. The van der Waals surface area contributed by atoms with Gasteiger partial charge in [-0.1, -0.05) is 0 Å². The summed E-state index contributed by atoms with van der Waals surface area (Å²) < 4.78 is 9.76. The Kier molecular flexibility index (Phi) is 5.81. The molecule has 16 heavy (non-hydrogen) atoms. The predicted molar refractivity (Wildman–Crippen MR) is 56.9 cm³/mol. The number of nitrogens with one attached hydrogen (secondary N) is 1. The van der Waals surface area contributed by atoms with Gasteiger partial charge in [-0.25, -0.2) is 4.79 Å². The number of carbonyl (C=O) groups excluding carboxylic acids is 2. The first-order valence-corrected chi connectivity index (χ1v) is 5.49. The van der Waals surface area contributed by atoms with Crippen molar-refractivity contribution in [2.45, 2.75) is 6.92 Å². The van der Waals surface area contributed by atoms with Crippen LogP contribution in [0.5, 0.6) is 0 Å². The van der Waals surface area contributed by atoms with Crippen molar-refractivity contribution in [3.8, 4) is 0 Å². The van der Waals surface area contributed by atoms with Crippen molar-refractivity contribution in [1.82, 2.24) is 10.2 Å². The highest BCUT2D eigenvalue weighted by molar-refractivity contribution is 6.32. The lowest BCUT2D eigenvalue weighted by Crippen LogP contribution is -2.42. The molecule has 6 nitrogen and oxygen atoms in total. The number of nitrogens with zero attached hydrogens (tertiary/aromatic N) is 1. The molecule has 1 amide bonds. The Morgan fingerprint density at radius 2 is 2.06 bits per heavy atom. The van der Waals surface area contributed by atoms with Crippen LogP contribution in [-0.2, 0) is 19.1 Å². The van der Waals surface area contributed by atoms with Gasteiger partial charge in [0.05, 0.1) is 19.8 Å². The molecule has 0 aromatic rings. The fourth-order valence-electron chi connectivity index (χ4n) is 1.42. The van der Waals surface area contributed by atoms with Crippen LogP contribution in [-0.4, -0.2) is 62.8 Å². The summed E-state index contributed by atoms with van der Waals surface area (Å²) in [5.41, 5.74) is 0. The average Bonchev–Trinajstić information content (AvgIpc) is 2.30. The van der Waals surface area contributed by atoms with E-state index in [1.165, 1.54) is 0 Å². The average molecular weight is 230 g/mol. The zero-order chi connectivity index (χ0) is 11.8. The monoisotopic (exact) mass is 230 g/mol. The normalized spacial score (nSPS) is 16.8. The molecule has 1 fully saturated rings. The summed E-state index contributed by atoms with van der Waals surface area (Å²) in [6.45, 7) is 6.27. The number of amides is 1. The van der Waals surface area contributed by atoms with Crippen molar-refractivity contribution >= 4 is 11.9 Å². The summed E-state index contributed by atoms with van der Waals surface area (Å²) in [4.78, 5) is 24.3. The summed E-state index contributed by atoms with van der Waals surface area (Å²) >= 11 is 0. The van der Waals surface area contributed by atoms with Crippen molar-refractivity contribution < 1.29 is 19.1 Å². The van der Waals surface area contributed by atoms with Crippen LogP contribution in [0.1, 0.15) is 6.92 Å². The van der Waals surface area contributed by atoms with Gasteiger partial charge < -0.3 is 14.8 Å². The van der Waals surface area contributed by atoms with E-state index in [1.54, 1.807) is 6.92 Å². The maximum Gasteiger partial charge on any atom is 0.396 e. The standard InChI is InChI=1S/C10H18N2O4/c1-2-16-10(14)9(13)11-3-4-12-5-7-15-8-6-12/h2-8H2,1H3,(H,11,13). The number of esters is 1. The SMILES string of the molecule is CCOC(=O)C(=O)NCCN1CCOCC1. The van der Waals surface area contributed by atoms with Crippen molar-refractivity contribution in [3.05, 3.63) is 0 Å². The first-order valence-electron chi connectivity index (χ1n) is 5.49. The Bertz CT molecular complexity index is 239. The second-order valence-corrected chi connectivity index (χ2v) is 3.43. The Morgan fingerprint density at radius 3 is 2.69 bits per heavy atom. The van der Waals surface area contributed by atoms with E-state index in [0.717, 1.165) is 32.8 Å². The molecule has 0 unspecified atom stereocenters. The Morgan fingerprint density at radius 1 is 1.38 bits per heavy atom. The van der Waals surface area contributed by atoms with E-state index in [1.807, 2.05) is 0 Å². The fourth-order valence-corrected chi connectivity index (χ4v) is 1.42. The smallest absolute Gasteiger partial charge is 0.396 e. The highest BCUT2D eigenvalue weighted by Crippen LogP contribution is 1.94. The molecule has 0 bridgehead atoms. The molecule has 1 rings (SSSR count). The molecule has 0 aromatic carbocycles. The molecule has 1 heterocycles. The van der Waals surface area contributed by atoms with Gasteiger partial charge >= 0.3 is 11.9 Å². The van der Waals surface area contributed by atoms with Gasteiger partial charge in [-0.3, -0.25) is 9.69 Å². The Balaban J connectivity index is 2.09. The van der Waals surface area contributed by atoms with Crippen LogP contribution in [0.4, 0.5) is 0 Å². The molecule has 0 saturated carbocycles. The quantitative estimate of drug-likeness (QED) is 0.495. The van der Waals surface area contributed by atoms with E-state index in [2.05, 4.69) is 15.0 Å². The van der Waals surface area contributed by atoms with Crippen LogP contribution in [0.3, 0.4) is 0 Å². The van der Waals surface area contributed by atoms with Gasteiger partial charge in [-0.2, -0.15) is 0 Å². The van der Waals surface area contributed by atoms with Crippen LogP contribution in [0.15, 0.2) is 0 Å². The minimum atomic E-state index is -0.815. The molecule has 0 aliphatic carbocycles. The number of hydrogen-bond donors (Lipinski definition) is 1. The van der Waals surface area contributed by atoms with E-state index in [-0.39, 0.29) is 6.61 Å². The van der Waals surface area contributed by atoms with Gasteiger partial charge in [-0.05, 0) is 6.92 Å². The summed E-state index contributed by atoms with van der Waals surface area (Å²) in [6, 6.07) is 0. The number of ether oxygens (including phenoxy) is 2. The molecule has 1 N–H and O–H groups in total. The third kappa shape index (κ3) is 4.59. The summed E-state index contributed by atoms with van der Waals surface area (Å²) in [5, 5.41) is 2.52. The van der Waals surface area contributed by atoms with Gasteiger partial charge in [0.1, 0.15) is 0 Å². The van der Waals surface area contributed by atoms with Gasteiger partial charge in [0.25, 0.3) is 0 Å². The molecule has 0 spiro atoms. The van der Waals surface area contributed by atoms with E-state index < -0.39 is 11.9 Å². The summed E-state index contributed by atoms with van der Waals surface area (Å²) in [7, 11) is 0. The molecule has 0 radical (unpaired) electrons. The third-order valence-electron chi connectivity index (χ3n) is 2.28. The maximum absolute atomic E-state index is 11.1. The molecular weight excluding hydrogens is 212 g/mol. The van der Waals surface area contributed by atoms with Gasteiger partial charge in [0.2, 0.25) is 0 Å². The number of hydrogen-bond acceptors (Lipinski definition) is 5. The van der Waals surface area contributed by atoms with Crippen molar-refractivity contribution in [2.75, 3.05) is 46.0 Å². The van der Waals surface area contributed by atoms with Gasteiger partial charge in [0, 0.05) is 26.2 Å². The van der Waals surface area contributed by atoms with E-state index >= 15 is 0 Å². The second kappa shape index (κ2) is 7.19. The lowest BCUT2D eigenvalue weighted by molar-refractivity contribution is -0.154. The van der Waals surface area contributed by atoms with Crippen molar-refractivity contribution in [2.24, 2.45) is 0 Å². The first kappa shape index (κ1) is 12.9. The van der Waals surface area contributed by atoms with Gasteiger partial charge in [0.15, 0.2) is 0 Å². The topological polar surface area (TPSA) is 67.9 Å². The molecule has 92 valence electrons. The number of morpholine rings is 1. The second-order valence-electron chi connectivity index (χ2n) is 3.43.